The van der Waals surface area contributed by atoms with Crippen LogP contribution in [-0.4, -0.2) is 17.5 Å². The lowest BCUT2D eigenvalue weighted by molar-refractivity contribution is 0.306. The third kappa shape index (κ3) is 3.93. The molecule has 2 nitrogen and oxygen atoms in total. The zero-order chi connectivity index (χ0) is 29.6. The summed E-state index contributed by atoms with van der Waals surface area (Å²) in [6, 6.07) is 11.8. The third-order valence-electron chi connectivity index (χ3n) is 11.3. The van der Waals surface area contributed by atoms with E-state index in [4.69, 9.17) is 0 Å². The molecule has 3 fully saturated rings. The van der Waals surface area contributed by atoms with Gasteiger partial charge in [0.1, 0.15) is 0 Å². The summed E-state index contributed by atoms with van der Waals surface area (Å²) in [4.78, 5) is 5.15. The number of allylic oxidation sites excluding steroid dienone is 11. The number of nitrogens with zero attached hydrogens (tertiary/aromatic N) is 2. The van der Waals surface area contributed by atoms with Crippen molar-refractivity contribution in [2.75, 3.05) is 11.9 Å². The Kier molecular flexibility index (Phi) is 5.70. The second-order valence-electron chi connectivity index (χ2n) is 13.8. The van der Waals surface area contributed by atoms with Crippen molar-refractivity contribution >= 4 is 30.0 Å². The summed E-state index contributed by atoms with van der Waals surface area (Å²) in [7, 11) is 2.36. The molecule has 0 saturated heterocycles. The number of rotatable bonds is 7. The molecule has 0 aromatic heterocycles. The van der Waals surface area contributed by atoms with Gasteiger partial charge in [-0.1, -0.05) is 85.5 Å². The van der Waals surface area contributed by atoms with Gasteiger partial charge in [-0.2, -0.15) is 0 Å². The maximum atomic E-state index is 4.06. The van der Waals surface area contributed by atoms with E-state index in [1.807, 2.05) is 6.08 Å². The third-order valence-corrected chi connectivity index (χ3v) is 11.3. The summed E-state index contributed by atoms with van der Waals surface area (Å²) < 4.78 is 0. The molecule has 0 radical (unpaired) electrons. The van der Waals surface area contributed by atoms with Crippen molar-refractivity contribution < 1.29 is 0 Å². The molecule has 44 heavy (non-hydrogen) atoms. The van der Waals surface area contributed by atoms with Crippen LogP contribution in [0.25, 0.3) is 24.3 Å². The summed E-state index contributed by atoms with van der Waals surface area (Å²) >= 11 is 0. The topological polar surface area (TPSA) is 6.48 Å². The smallest absolute Gasteiger partial charge is 0.0658 e. The first-order valence-corrected chi connectivity index (χ1v) is 16.5. The summed E-state index contributed by atoms with van der Waals surface area (Å²) in [5, 5.41) is 0. The van der Waals surface area contributed by atoms with Crippen molar-refractivity contribution in [3.8, 4) is 0 Å². The summed E-state index contributed by atoms with van der Waals surface area (Å²) in [5.41, 5.74) is 13.9. The minimum atomic E-state index is 0.116. The van der Waals surface area contributed by atoms with E-state index in [-0.39, 0.29) is 5.54 Å². The predicted molar refractivity (Wildman–Crippen MR) is 186 cm³/mol. The van der Waals surface area contributed by atoms with E-state index in [1.165, 1.54) is 58.7 Å². The van der Waals surface area contributed by atoms with E-state index in [9.17, 15) is 0 Å². The number of likely N-dealkylation sites (N-methyl/N-ethyl adjacent to an activating group) is 1. The normalized spacial score (nSPS) is 31.0. The summed E-state index contributed by atoms with van der Waals surface area (Å²) in [6.07, 6.45) is 36.9. The molecule has 0 heterocycles. The molecule has 2 aromatic carbocycles. The fraction of sp³-hybridized carbons (Fsp3) is 0.286. The zero-order valence-electron chi connectivity index (χ0n) is 25.8. The number of anilines is 1. The Bertz CT molecular complexity index is 1850. The highest BCUT2D eigenvalue weighted by Crippen LogP contribution is 2.64. The van der Waals surface area contributed by atoms with Gasteiger partial charge in [0.05, 0.1) is 5.54 Å². The van der Waals surface area contributed by atoms with E-state index in [2.05, 4.69) is 140 Å². The van der Waals surface area contributed by atoms with E-state index in [0.717, 1.165) is 23.8 Å². The standard InChI is InChI=1S/C42H40N2/c1-4-10-28-21-33(16-15-27(28)5-2)44(32-11-8-6-7-9-12-32)41-18-17-40(37-25-38(37)41)43(3)42-20-19-31-23-35-30(14-13-29-22-34(29)35)24-36(31)39(42)26-42/h4-6,8-21,23-24,29,34,37-39H,2,7,22,25-26H2,1,3H3/b10-4-. The fourth-order valence-electron chi connectivity index (χ4n) is 8.62. The Morgan fingerprint density at radius 2 is 1.70 bits per heavy atom. The molecular formula is C42H40N2. The van der Waals surface area contributed by atoms with Gasteiger partial charge in [-0.05, 0) is 114 Å². The van der Waals surface area contributed by atoms with Gasteiger partial charge >= 0.3 is 0 Å². The van der Waals surface area contributed by atoms with Crippen molar-refractivity contribution in [3.63, 3.8) is 0 Å². The van der Waals surface area contributed by atoms with Crippen LogP contribution in [0, 0.1) is 17.8 Å². The molecular weight excluding hydrogens is 532 g/mol. The first kappa shape index (κ1) is 26.1. The highest BCUT2D eigenvalue weighted by molar-refractivity contribution is 5.74. The van der Waals surface area contributed by atoms with E-state index in [1.54, 1.807) is 11.1 Å². The van der Waals surface area contributed by atoms with Gasteiger partial charge in [-0.3, -0.25) is 0 Å². The molecule has 218 valence electrons. The Labute approximate surface area is 262 Å². The minimum absolute atomic E-state index is 0.116. The molecule has 0 bridgehead atoms. The van der Waals surface area contributed by atoms with E-state index >= 15 is 0 Å². The predicted octanol–water partition coefficient (Wildman–Crippen LogP) is 10.0. The summed E-state index contributed by atoms with van der Waals surface area (Å²) in [6.45, 7) is 6.14. The van der Waals surface area contributed by atoms with Crippen LogP contribution in [-0.2, 0) is 0 Å². The summed E-state index contributed by atoms with van der Waals surface area (Å²) in [5.74, 6) is 3.26. The molecule has 7 aliphatic rings. The van der Waals surface area contributed by atoms with Crippen LogP contribution in [0.15, 0.2) is 115 Å². The average Bonchev–Trinajstić information content (AvgIpc) is 3.92. The molecule has 6 atom stereocenters. The first-order valence-electron chi connectivity index (χ1n) is 16.5. The lowest BCUT2D eigenvalue weighted by atomic mass is 9.86. The monoisotopic (exact) mass is 572 g/mol. The van der Waals surface area contributed by atoms with Crippen LogP contribution >= 0.6 is 0 Å². The molecule has 9 rings (SSSR count). The highest BCUT2D eigenvalue weighted by atomic mass is 15.2. The van der Waals surface area contributed by atoms with Gasteiger partial charge in [0.2, 0.25) is 0 Å². The molecule has 2 heteroatoms. The largest absolute Gasteiger partial charge is 0.368 e. The molecule has 7 aliphatic carbocycles. The average molecular weight is 573 g/mol. The Morgan fingerprint density at radius 3 is 2.59 bits per heavy atom. The van der Waals surface area contributed by atoms with Gasteiger partial charge in [-0.25, -0.2) is 0 Å². The Balaban J connectivity index is 1.06. The highest BCUT2D eigenvalue weighted by Gasteiger charge is 2.61. The molecule has 0 amide bonds. The molecule has 0 N–H and O–H groups in total. The van der Waals surface area contributed by atoms with Gasteiger partial charge in [0.15, 0.2) is 0 Å². The van der Waals surface area contributed by atoms with Crippen molar-refractivity contribution in [1.29, 1.82) is 0 Å². The van der Waals surface area contributed by atoms with Crippen LogP contribution in [0.1, 0.15) is 77.8 Å². The minimum Gasteiger partial charge on any atom is -0.368 e. The van der Waals surface area contributed by atoms with E-state index < -0.39 is 0 Å². The molecule has 3 saturated carbocycles. The maximum absolute atomic E-state index is 4.06. The lowest BCUT2D eigenvalue weighted by Gasteiger charge is -2.36. The molecule has 6 unspecified atom stereocenters. The SMILES string of the molecule is C=Cc1ccc(N(C2=CC=CCC=C2)C2=CC=C(N(C)C34C=Cc5cc6c(cc5C3C4)C=CC3CC63)C3CC23)cc1/C=C\C. The zero-order valence-corrected chi connectivity index (χ0v) is 25.8. The van der Waals surface area contributed by atoms with Crippen molar-refractivity contribution in [2.24, 2.45) is 17.8 Å². The van der Waals surface area contributed by atoms with Crippen LogP contribution < -0.4 is 4.90 Å². The number of hydrogen-bond donors (Lipinski definition) is 0. The van der Waals surface area contributed by atoms with Crippen molar-refractivity contribution in [2.45, 2.75) is 50.0 Å². The van der Waals surface area contributed by atoms with Crippen LogP contribution in [0.5, 0.6) is 0 Å². The fourth-order valence-corrected chi connectivity index (χ4v) is 8.62. The van der Waals surface area contributed by atoms with Gasteiger partial charge in [-0.15, -0.1) is 0 Å². The quantitative estimate of drug-likeness (QED) is 0.326. The second-order valence-corrected chi connectivity index (χ2v) is 13.8. The van der Waals surface area contributed by atoms with Gasteiger partial charge in [0, 0.05) is 47.6 Å². The van der Waals surface area contributed by atoms with E-state index in [0.29, 0.717) is 17.8 Å². The molecule has 0 aliphatic heterocycles. The van der Waals surface area contributed by atoms with Crippen molar-refractivity contribution in [1.82, 2.24) is 4.90 Å². The maximum Gasteiger partial charge on any atom is 0.0658 e. The first-order chi connectivity index (χ1) is 21.6. The van der Waals surface area contributed by atoms with Crippen molar-refractivity contribution in [3.05, 3.63) is 148 Å². The van der Waals surface area contributed by atoms with Gasteiger partial charge < -0.3 is 9.80 Å². The number of benzene rings is 2. The lowest BCUT2D eigenvalue weighted by Crippen LogP contribution is -2.36. The second kappa shape index (κ2) is 9.60. The number of hydrogen-bond acceptors (Lipinski definition) is 2. The Morgan fingerprint density at radius 1 is 0.864 bits per heavy atom. The molecule has 2 aromatic rings. The van der Waals surface area contributed by atoms with Crippen LogP contribution in [0.3, 0.4) is 0 Å². The van der Waals surface area contributed by atoms with Crippen LogP contribution in [0.2, 0.25) is 0 Å². The molecule has 0 spiro atoms. The van der Waals surface area contributed by atoms with Gasteiger partial charge in [0.25, 0.3) is 0 Å². The number of fused-ring (bicyclic) bond motifs is 7. The van der Waals surface area contributed by atoms with Crippen LogP contribution in [0.4, 0.5) is 5.69 Å². The Hall–Kier alpha value is -4.30.